The Morgan fingerprint density at radius 1 is 1.55 bits per heavy atom. The molecule has 7 nitrogen and oxygen atoms in total. The molecule has 2 rings (SSSR count). The molecule has 1 aliphatic rings. The van der Waals surface area contributed by atoms with E-state index in [0.29, 0.717) is 43.6 Å². The summed E-state index contributed by atoms with van der Waals surface area (Å²) in [6.45, 7) is 5.59. The topological polar surface area (TPSA) is 84.4 Å². The van der Waals surface area contributed by atoms with Gasteiger partial charge in [-0.25, -0.2) is 9.97 Å². The van der Waals surface area contributed by atoms with Crippen LogP contribution in [-0.4, -0.2) is 63.2 Å². The average Bonchev–Trinajstić information content (AvgIpc) is 2.46. The van der Waals surface area contributed by atoms with E-state index in [1.807, 2.05) is 13.0 Å². The van der Waals surface area contributed by atoms with E-state index >= 15 is 0 Å². The van der Waals surface area contributed by atoms with Gasteiger partial charge in [-0.15, -0.1) is 0 Å². The molecule has 0 saturated carbocycles. The zero-order valence-electron chi connectivity index (χ0n) is 13.2. The third-order valence-electron chi connectivity index (χ3n) is 3.40. The molecule has 2 heterocycles. The molecule has 1 saturated heterocycles. The van der Waals surface area contributed by atoms with E-state index in [0.717, 1.165) is 5.69 Å². The highest BCUT2D eigenvalue weighted by Crippen LogP contribution is 2.22. The van der Waals surface area contributed by atoms with Crippen molar-refractivity contribution in [2.45, 2.75) is 20.0 Å². The molecule has 1 N–H and O–H groups in total. The van der Waals surface area contributed by atoms with Crippen LogP contribution in [0.4, 0.5) is 5.82 Å². The molecule has 0 bridgehead atoms. The fourth-order valence-electron chi connectivity index (χ4n) is 2.28. The van der Waals surface area contributed by atoms with Gasteiger partial charge in [-0.2, -0.15) is 0 Å². The zero-order chi connectivity index (χ0) is 16.1. The van der Waals surface area contributed by atoms with Crippen LogP contribution in [0.15, 0.2) is 6.07 Å². The molecule has 0 radical (unpaired) electrons. The summed E-state index contributed by atoms with van der Waals surface area (Å²) in [6.07, 6.45) is 1.44. The van der Waals surface area contributed by atoms with Gasteiger partial charge in [0.25, 0.3) is 0 Å². The summed E-state index contributed by atoms with van der Waals surface area (Å²) >= 11 is 0. The SMILES string of the molecule is CC(=O)N1CCO[C@@H](c2cc(NCC[S@@](C)=O)nc(C)n2)C1. The van der Waals surface area contributed by atoms with Crippen molar-refractivity contribution < 1.29 is 13.7 Å². The zero-order valence-corrected chi connectivity index (χ0v) is 14.0. The van der Waals surface area contributed by atoms with E-state index in [4.69, 9.17) is 4.74 Å². The molecule has 1 aromatic heterocycles. The van der Waals surface area contributed by atoms with Gasteiger partial charge >= 0.3 is 0 Å². The molecule has 1 amide bonds. The molecule has 8 heteroatoms. The molecule has 0 unspecified atom stereocenters. The Hall–Kier alpha value is -1.54. The molecule has 2 atom stereocenters. The summed E-state index contributed by atoms with van der Waals surface area (Å²) in [7, 11) is -0.839. The number of rotatable bonds is 5. The molecule has 1 aromatic rings. The van der Waals surface area contributed by atoms with E-state index in [2.05, 4.69) is 15.3 Å². The second-order valence-electron chi connectivity index (χ2n) is 5.25. The van der Waals surface area contributed by atoms with Crippen LogP contribution in [0.5, 0.6) is 0 Å². The van der Waals surface area contributed by atoms with Crippen LogP contribution >= 0.6 is 0 Å². The fraction of sp³-hybridized carbons (Fsp3) is 0.643. The van der Waals surface area contributed by atoms with Crippen LogP contribution in [0.2, 0.25) is 0 Å². The molecule has 0 spiro atoms. The number of carbonyl (C=O) groups is 1. The van der Waals surface area contributed by atoms with Crippen molar-refractivity contribution in [1.29, 1.82) is 0 Å². The minimum absolute atomic E-state index is 0.0443. The van der Waals surface area contributed by atoms with E-state index in [-0.39, 0.29) is 12.0 Å². The van der Waals surface area contributed by atoms with Gasteiger partial charge in [0, 0.05) is 48.9 Å². The van der Waals surface area contributed by atoms with Crippen LogP contribution in [0, 0.1) is 6.92 Å². The van der Waals surface area contributed by atoms with Crippen molar-refractivity contribution in [2.24, 2.45) is 0 Å². The number of carbonyl (C=O) groups excluding carboxylic acids is 1. The lowest BCUT2D eigenvalue weighted by molar-refractivity contribution is -0.136. The van der Waals surface area contributed by atoms with Gasteiger partial charge in [0.05, 0.1) is 18.8 Å². The summed E-state index contributed by atoms with van der Waals surface area (Å²) in [4.78, 5) is 22.0. The second-order valence-corrected chi connectivity index (χ2v) is 6.81. The number of nitrogens with one attached hydrogen (secondary N) is 1. The number of ether oxygens (including phenoxy) is 1. The first-order valence-corrected chi connectivity index (χ1v) is 8.95. The van der Waals surface area contributed by atoms with Crippen LogP contribution in [0.3, 0.4) is 0 Å². The number of hydrogen-bond acceptors (Lipinski definition) is 6. The summed E-state index contributed by atoms with van der Waals surface area (Å²) in [6, 6.07) is 1.83. The van der Waals surface area contributed by atoms with Crippen LogP contribution < -0.4 is 5.32 Å². The van der Waals surface area contributed by atoms with Crippen LogP contribution in [0.25, 0.3) is 0 Å². The minimum atomic E-state index is -0.839. The van der Waals surface area contributed by atoms with Crippen molar-refractivity contribution in [3.63, 3.8) is 0 Å². The van der Waals surface area contributed by atoms with Crippen molar-refractivity contribution in [2.75, 3.05) is 43.6 Å². The summed E-state index contributed by atoms with van der Waals surface area (Å²) in [5.41, 5.74) is 0.763. The monoisotopic (exact) mass is 326 g/mol. The number of morpholine rings is 1. The fourth-order valence-corrected chi connectivity index (χ4v) is 2.67. The Morgan fingerprint density at radius 3 is 3.00 bits per heavy atom. The average molecular weight is 326 g/mol. The van der Waals surface area contributed by atoms with Gasteiger partial charge in [0.2, 0.25) is 5.91 Å². The maximum Gasteiger partial charge on any atom is 0.219 e. The lowest BCUT2D eigenvalue weighted by Crippen LogP contribution is -2.41. The van der Waals surface area contributed by atoms with Crippen molar-refractivity contribution in [3.05, 3.63) is 17.6 Å². The van der Waals surface area contributed by atoms with E-state index in [1.165, 1.54) is 0 Å². The highest BCUT2D eigenvalue weighted by atomic mass is 32.2. The van der Waals surface area contributed by atoms with Crippen molar-refractivity contribution >= 4 is 22.5 Å². The molecular formula is C14H22N4O3S. The first-order valence-electron chi connectivity index (χ1n) is 7.22. The molecule has 1 aliphatic heterocycles. The highest BCUT2D eigenvalue weighted by Gasteiger charge is 2.25. The van der Waals surface area contributed by atoms with E-state index in [9.17, 15) is 9.00 Å². The van der Waals surface area contributed by atoms with Gasteiger partial charge in [-0.3, -0.25) is 9.00 Å². The lowest BCUT2D eigenvalue weighted by atomic mass is 10.2. The van der Waals surface area contributed by atoms with E-state index < -0.39 is 10.8 Å². The lowest BCUT2D eigenvalue weighted by Gasteiger charge is -2.32. The largest absolute Gasteiger partial charge is 0.369 e. The number of hydrogen-bond donors (Lipinski definition) is 1. The molecule has 1 fully saturated rings. The van der Waals surface area contributed by atoms with Gasteiger partial charge in [-0.05, 0) is 6.92 Å². The Labute approximate surface area is 132 Å². The predicted molar refractivity (Wildman–Crippen MR) is 85.1 cm³/mol. The Kier molecular flexibility index (Phi) is 5.84. The smallest absolute Gasteiger partial charge is 0.219 e. The van der Waals surface area contributed by atoms with Gasteiger partial charge in [-0.1, -0.05) is 0 Å². The number of aryl methyl sites for hydroxylation is 1. The Balaban J connectivity index is 2.08. The summed E-state index contributed by atoms with van der Waals surface area (Å²) in [5, 5.41) is 3.15. The molecule has 0 aromatic carbocycles. The Bertz CT molecular complexity index is 567. The maximum absolute atomic E-state index is 11.5. The normalized spacial score (nSPS) is 19.8. The summed E-state index contributed by atoms with van der Waals surface area (Å²) < 4.78 is 16.8. The van der Waals surface area contributed by atoms with Crippen molar-refractivity contribution in [1.82, 2.24) is 14.9 Å². The second kappa shape index (κ2) is 7.64. The number of anilines is 1. The number of amides is 1. The summed E-state index contributed by atoms with van der Waals surface area (Å²) in [5.74, 6) is 1.94. The quantitative estimate of drug-likeness (QED) is 0.848. The van der Waals surface area contributed by atoms with Gasteiger partial charge in [0.15, 0.2) is 0 Å². The predicted octanol–water partition coefficient (Wildman–Crippen LogP) is 0.495. The van der Waals surface area contributed by atoms with Crippen molar-refractivity contribution in [3.8, 4) is 0 Å². The molecule has 122 valence electrons. The van der Waals surface area contributed by atoms with E-state index in [1.54, 1.807) is 18.1 Å². The maximum atomic E-state index is 11.5. The Morgan fingerprint density at radius 2 is 2.32 bits per heavy atom. The molecular weight excluding hydrogens is 304 g/mol. The number of nitrogens with zero attached hydrogens (tertiary/aromatic N) is 3. The van der Waals surface area contributed by atoms with Gasteiger partial charge < -0.3 is 15.0 Å². The first kappa shape index (κ1) is 16.8. The first-order chi connectivity index (χ1) is 10.5. The third-order valence-corrected chi connectivity index (χ3v) is 4.17. The van der Waals surface area contributed by atoms with Crippen LogP contribution in [0.1, 0.15) is 24.5 Å². The standard InChI is InChI=1S/C14H22N4O3S/c1-10-16-12(8-14(17-10)15-4-7-22(3)20)13-9-18(11(2)19)5-6-21-13/h8,13H,4-7,9H2,1-3H3,(H,15,16,17)/t13-,22-/m1/s1. The third kappa shape index (κ3) is 4.74. The molecule has 22 heavy (non-hydrogen) atoms. The molecule has 0 aliphatic carbocycles. The van der Waals surface area contributed by atoms with Gasteiger partial charge in [0.1, 0.15) is 17.7 Å². The van der Waals surface area contributed by atoms with Crippen LogP contribution in [-0.2, 0) is 20.3 Å². The number of aromatic nitrogens is 2. The highest BCUT2D eigenvalue weighted by molar-refractivity contribution is 7.84. The minimum Gasteiger partial charge on any atom is -0.369 e.